The summed E-state index contributed by atoms with van der Waals surface area (Å²) < 4.78 is 43.0. The molecule has 160 valence electrons. The third kappa shape index (κ3) is 3.42. The molecule has 1 aromatic heterocycles. The number of alkyl halides is 3. The van der Waals surface area contributed by atoms with Gasteiger partial charge in [-0.1, -0.05) is 60.7 Å². The lowest BCUT2D eigenvalue weighted by molar-refractivity contribution is -0.137. The SMILES string of the molecule is O=C(Nc1cccc(C2(c3ccccc3)CC2)c1C(F)(F)F)c1ccnc2ccccc12. The number of nitrogens with one attached hydrogen (secondary N) is 1. The summed E-state index contributed by atoms with van der Waals surface area (Å²) in [6.45, 7) is 0. The number of amides is 1. The van der Waals surface area contributed by atoms with Crippen molar-refractivity contribution in [3.8, 4) is 0 Å². The Kier molecular flexibility index (Phi) is 4.73. The van der Waals surface area contributed by atoms with E-state index in [1.54, 1.807) is 30.3 Å². The van der Waals surface area contributed by atoms with Gasteiger partial charge in [0.25, 0.3) is 5.91 Å². The minimum absolute atomic E-state index is 0.202. The summed E-state index contributed by atoms with van der Waals surface area (Å²) in [5, 5.41) is 3.11. The molecule has 1 amide bonds. The molecular weight excluding hydrogens is 413 g/mol. The van der Waals surface area contributed by atoms with Crippen LogP contribution in [0.3, 0.4) is 0 Å². The molecule has 0 saturated heterocycles. The summed E-state index contributed by atoms with van der Waals surface area (Å²) in [7, 11) is 0. The normalized spacial score (nSPS) is 14.8. The lowest BCUT2D eigenvalue weighted by atomic mass is 9.84. The first-order chi connectivity index (χ1) is 15.4. The molecule has 6 heteroatoms. The fraction of sp³-hybridized carbons (Fsp3) is 0.154. The topological polar surface area (TPSA) is 42.0 Å². The van der Waals surface area contributed by atoms with Crippen molar-refractivity contribution in [3.63, 3.8) is 0 Å². The van der Waals surface area contributed by atoms with Gasteiger partial charge in [-0.25, -0.2) is 0 Å². The highest BCUT2D eigenvalue weighted by molar-refractivity contribution is 6.12. The van der Waals surface area contributed by atoms with E-state index in [0.717, 1.165) is 5.56 Å². The van der Waals surface area contributed by atoms with Crippen LogP contribution in [0.5, 0.6) is 0 Å². The van der Waals surface area contributed by atoms with E-state index < -0.39 is 23.1 Å². The van der Waals surface area contributed by atoms with Gasteiger partial charge in [-0.05, 0) is 42.2 Å². The zero-order valence-corrected chi connectivity index (χ0v) is 17.0. The number of benzene rings is 3. The van der Waals surface area contributed by atoms with E-state index in [1.807, 2.05) is 30.3 Å². The predicted octanol–water partition coefficient (Wildman–Crippen LogP) is 6.59. The Morgan fingerprint density at radius 1 is 0.875 bits per heavy atom. The Morgan fingerprint density at radius 3 is 2.31 bits per heavy atom. The number of carbonyl (C=O) groups is 1. The van der Waals surface area contributed by atoms with Gasteiger partial charge in [-0.3, -0.25) is 9.78 Å². The van der Waals surface area contributed by atoms with Crippen molar-refractivity contribution < 1.29 is 18.0 Å². The minimum atomic E-state index is -4.62. The fourth-order valence-corrected chi connectivity index (χ4v) is 4.44. The first-order valence-electron chi connectivity index (χ1n) is 10.3. The Hall–Kier alpha value is -3.67. The number of nitrogens with zero attached hydrogens (tertiary/aromatic N) is 1. The quantitative estimate of drug-likeness (QED) is 0.395. The maximum atomic E-state index is 14.3. The smallest absolute Gasteiger partial charge is 0.321 e. The van der Waals surface area contributed by atoms with Crippen LogP contribution in [0, 0.1) is 0 Å². The van der Waals surface area contributed by atoms with Crippen LogP contribution in [-0.2, 0) is 11.6 Å². The van der Waals surface area contributed by atoms with Crippen LogP contribution >= 0.6 is 0 Å². The number of carbonyl (C=O) groups excluding carboxylic acids is 1. The zero-order chi connectivity index (χ0) is 22.3. The number of anilines is 1. The molecule has 3 nitrogen and oxygen atoms in total. The van der Waals surface area contributed by atoms with E-state index in [4.69, 9.17) is 0 Å². The predicted molar refractivity (Wildman–Crippen MR) is 118 cm³/mol. The number of aromatic nitrogens is 1. The van der Waals surface area contributed by atoms with Gasteiger partial charge >= 0.3 is 6.18 Å². The van der Waals surface area contributed by atoms with E-state index in [-0.39, 0.29) is 16.8 Å². The van der Waals surface area contributed by atoms with Gasteiger partial charge in [0, 0.05) is 17.0 Å². The molecule has 0 atom stereocenters. The van der Waals surface area contributed by atoms with Crippen molar-refractivity contribution in [1.29, 1.82) is 0 Å². The van der Waals surface area contributed by atoms with Crippen molar-refractivity contribution in [3.05, 3.63) is 107 Å². The second kappa shape index (κ2) is 7.48. The molecule has 1 aliphatic rings. The van der Waals surface area contributed by atoms with E-state index in [9.17, 15) is 18.0 Å². The minimum Gasteiger partial charge on any atom is -0.321 e. The van der Waals surface area contributed by atoms with Crippen molar-refractivity contribution >= 4 is 22.5 Å². The number of rotatable bonds is 4. The Bertz CT molecular complexity index is 1310. The Morgan fingerprint density at radius 2 is 1.59 bits per heavy atom. The third-order valence-electron chi connectivity index (χ3n) is 6.08. The highest BCUT2D eigenvalue weighted by Gasteiger charge is 2.51. The van der Waals surface area contributed by atoms with Crippen molar-refractivity contribution in [2.75, 3.05) is 5.32 Å². The van der Waals surface area contributed by atoms with E-state index >= 15 is 0 Å². The van der Waals surface area contributed by atoms with Crippen molar-refractivity contribution in [2.24, 2.45) is 0 Å². The Labute approximate surface area is 182 Å². The van der Waals surface area contributed by atoms with Crippen LogP contribution < -0.4 is 5.32 Å². The third-order valence-corrected chi connectivity index (χ3v) is 6.08. The van der Waals surface area contributed by atoms with Gasteiger partial charge in [0.15, 0.2) is 0 Å². The van der Waals surface area contributed by atoms with Gasteiger partial charge in [0.05, 0.1) is 22.3 Å². The van der Waals surface area contributed by atoms with E-state index in [0.29, 0.717) is 23.7 Å². The molecule has 1 aliphatic carbocycles. The fourth-order valence-electron chi connectivity index (χ4n) is 4.44. The summed E-state index contributed by atoms with van der Waals surface area (Å²) in [6.07, 6.45) is -1.88. The Balaban J connectivity index is 1.60. The lowest BCUT2D eigenvalue weighted by Crippen LogP contribution is -2.22. The van der Waals surface area contributed by atoms with Crippen LogP contribution in [-0.4, -0.2) is 10.9 Å². The number of hydrogen-bond donors (Lipinski definition) is 1. The van der Waals surface area contributed by atoms with Crippen LogP contribution in [0.4, 0.5) is 18.9 Å². The van der Waals surface area contributed by atoms with Crippen LogP contribution in [0.2, 0.25) is 0 Å². The monoisotopic (exact) mass is 432 g/mol. The largest absolute Gasteiger partial charge is 0.418 e. The maximum absolute atomic E-state index is 14.3. The van der Waals surface area contributed by atoms with Gasteiger partial charge in [0.2, 0.25) is 0 Å². The molecule has 1 fully saturated rings. The second-order valence-corrected chi connectivity index (χ2v) is 8.00. The summed E-state index contributed by atoms with van der Waals surface area (Å²) in [4.78, 5) is 17.3. The number of halogens is 3. The van der Waals surface area contributed by atoms with E-state index in [1.165, 1.54) is 24.4 Å². The molecule has 0 aliphatic heterocycles. The highest BCUT2D eigenvalue weighted by atomic mass is 19.4. The van der Waals surface area contributed by atoms with E-state index in [2.05, 4.69) is 10.3 Å². The number of fused-ring (bicyclic) bond motifs is 1. The molecule has 32 heavy (non-hydrogen) atoms. The van der Waals surface area contributed by atoms with Crippen molar-refractivity contribution in [2.45, 2.75) is 24.4 Å². The van der Waals surface area contributed by atoms with Crippen LogP contribution in [0.1, 0.15) is 39.9 Å². The molecule has 0 radical (unpaired) electrons. The first kappa shape index (κ1) is 20.2. The van der Waals surface area contributed by atoms with Gasteiger partial charge < -0.3 is 5.32 Å². The van der Waals surface area contributed by atoms with Gasteiger partial charge in [-0.15, -0.1) is 0 Å². The standard InChI is InChI=1S/C26H19F3N2O/c27-26(28,29)23-20(25(14-15-25)17-7-2-1-3-8-17)10-6-12-22(23)31-24(32)19-13-16-30-21-11-5-4-9-18(19)21/h1-13,16H,14-15H2,(H,31,32). The van der Waals surface area contributed by atoms with Crippen molar-refractivity contribution in [1.82, 2.24) is 4.98 Å². The average molecular weight is 432 g/mol. The molecular formula is C26H19F3N2O. The molecule has 1 heterocycles. The van der Waals surface area contributed by atoms with Crippen LogP contribution in [0.15, 0.2) is 85.1 Å². The summed E-state index contributed by atoms with van der Waals surface area (Å²) in [6, 6.07) is 22.2. The summed E-state index contributed by atoms with van der Waals surface area (Å²) in [5.41, 5.74) is 0.235. The number of hydrogen-bond acceptors (Lipinski definition) is 2. The average Bonchev–Trinajstić information content (AvgIpc) is 3.60. The molecule has 3 aromatic carbocycles. The molecule has 0 spiro atoms. The maximum Gasteiger partial charge on any atom is 0.418 e. The summed E-state index contributed by atoms with van der Waals surface area (Å²) in [5.74, 6) is -0.601. The molecule has 4 aromatic rings. The summed E-state index contributed by atoms with van der Waals surface area (Å²) >= 11 is 0. The van der Waals surface area contributed by atoms with Crippen LogP contribution in [0.25, 0.3) is 10.9 Å². The molecule has 0 unspecified atom stereocenters. The lowest BCUT2D eigenvalue weighted by Gasteiger charge is -2.24. The first-order valence-corrected chi connectivity index (χ1v) is 10.3. The number of para-hydroxylation sites is 1. The second-order valence-electron chi connectivity index (χ2n) is 8.00. The highest BCUT2D eigenvalue weighted by Crippen LogP contribution is 2.57. The zero-order valence-electron chi connectivity index (χ0n) is 17.0. The van der Waals surface area contributed by atoms with Gasteiger partial charge in [0.1, 0.15) is 0 Å². The molecule has 1 N–H and O–H groups in total. The number of pyridine rings is 1. The van der Waals surface area contributed by atoms with Gasteiger partial charge in [-0.2, -0.15) is 13.2 Å². The molecule has 1 saturated carbocycles. The molecule has 5 rings (SSSR count). The molecule has 0 bridgehead atoms.